The molecule has 0 amide bonds. The Labute approximate surface area is 123 Å². The number of aryl methyl sites for hydroxylation is 1. The fraction of sp³-hybridized carbons (Fsp3) is 0.750. The maximum atomic E-state index is 5.76. The molecular weight excluding hydrogens is 250 g/mol. The zero-order valence-corrected chi connectivity index (χ0v) is 13.8. The molecule has 1 heterocycles. The van der Waals surface area contributed by atoms with Crippen molar-refractivity contribution in [2.45, 2.75) is 65.9 Å². The largest absolute Gasteiger partial charge is 0.370 e. The van der Waals surface area contributed by atoms with Gasteiger partial charge in [-0.2, -0.15) is 0 Å². The van der Waals surface area contributed by atoms with Crippen molar-refractivity contribution in [3.63, 3.8) is 0 Å². The van der Waals surface area contributed by atoms with E-state index in [4.69, 9.17) is 14.7 Å². The maximum absolute atomic E-state index is 5.76. The molecule has 0 unspecified atom stereocenters. The molecule has 4 nitrogen and oxygen atoms in total. The first kappa shape index (κ1) is 16.9. The highest BCUT2D eigenvalue weighted by Crippen LogP contribution is 2.32. The van der Waals surface area contributed by atoms with Gasteiger partial charge in [0.05, 0.1) is 0 Å². The van der Waals surface area contributed by atoms with Crippen LogP contribution in [0, 0.1) is 6.92 Å². The van der Waals surface area contributed by atoms with E-state index in [1.165, 1.54) is 5.56 Å². The van der Waals surface area contributed by atoms with Gasteiger partial charge >= 0.3 is 0 Å². The quantitative estimate of drug-likeness (QED) is 0.785. The number of hydrogen-bond acceptors (Lipinski definition) is 4. The van der Waals surface area contributed by atoms with Crippen molar-refractivity contribution < 1.29 is 4.74 Å². The molecule has 0 radical (unpaired) electrons. The second-order valence-electron chi connectivity index (χ2n) is 5.15. The number of hydrogen-bond donors (Lipinski definition) is 1. The molecule has 0 spiro atoms. The highest BCUT2D eigenvalue weighted by molar-refractivity contribution is 5.47. The van der Waals surface area contributed by atoms with Crippen LogP contribution in [0.15, 0.2) is 0 Å². The molecule has 0 aliphatic rings. The third kappa shape index (κ3) is 3.29. The monoisotopic (exact) mass is 279 g/mol. The van der Waals surface area contributed by atoms with Crippen LogP contribution in [-0.2, 0) is 16.8 Å². The molecule has 4 heteroatoms. The van der Waals surface area contributed by atoms with E-state index in [9.17, 15) is 0 Å². The minimum Gasteiger partial charge on any atom is -0.370 e. The van der Waals surface area contributed by atoms with E-state index in [0.717, 1.165) is 49.6 Å². The van der Waals surface area contributed by atoms with Crippen molar-refractivity contribution in [3.8, 4) is 0 Å². The van der Waals surface area contributed by atoms with Crippen LogP contribution in [-0.4, -0.2) is 23.6 Å². The van der Waals surface area contributed by atoms with Gasteiger partial charge in [-0.1, -0.05) is 27.7 Å². The molecule has 1 rings (SSSR count). The average molecular weight is 279 g/mol. The van der Waals surface area contributed by atoms with Crippen LogP contribution in [0.3, 0.4) is 0 Å². The minimum absolute atomic E-state index is 0.375. The van der Waals surface area contributed by atoms with Gasteiger partial charge in [-0.3, -0.25) is 0 Å². The molecule has 0 aromatic carbocycles. The summed E-state index contributed by atoms with van der Waals surface area (Å²) in [5.74, 6) is 1.78. The van der Waals surface area contributed by atoms with Gasteiger partial charge in [-0.25, -0.2) is 9.97 Å². The van der Waals surface area contributed by atoms with Gasteiger partial charge in [0, 0.05) is 24.9 Å². The van der Waals surface area contributed by atoms with E-state index >= 15 is 0 Å². The third-order valence-corrected chi connectivity index (χ3v) is 4.05. The second kappa shape index (κ2) is 7.58. The highest BCUT2D eigenvalue weighted by atomic mass is 16.5. The second-order valence-corrected chi connectivity index (χ2v) is 5.15. The fourth-order valence-electron chi connectivity index (χ4n) is 2.56. The summed E-state index contributed by atoms with van der Waals surface area (Å²) in [5.41, 5.74) is 1.89. The smallest absolute Gasteiger partial charge is 0.162 e. The number of methoxy groups -OCH3 is 1. The fourth-order valence-corrected chi connectivity index (χ4v) is 2.56. The van der Waals surface area contributed by atoms with Gasteiger partial charge < -0.3 is 10.1 Å². The summed E-state index contributed by atoms with van der Waals surface area (Å²) in [6, 6.07) is 0. The first-order chi connectivity index (χ1) is 9.58. The summed E-state index contributed by atoms with van der Waals surface area (Å²) in [6.07, 6.45) is 3.77. The third-order valence-electron chi connectivity index (χ3n) is 4.05. The van der Waals surface area contributed by atoms with Gasteiger partial charge in [0.15, 0.2) is 5.82 Å². The van der Waals surface area contributed by atoms with Gasteiger partial charge in [-0.15, -0.1) is 0 Å². The molecule has 1 N–H and O–H groups in total. The average Bonchev–Trinajstić information content (AvgIpc) is 2.47. The van der Waals surface area contributed by atoms with E-state index < -0.39 is 0 Å². The molecule has 1 aromatic rings. The van der Waals surface area contributed by atoms with Crippen LogP contribution in [0.5, 0.6) is 0 Å². The molecule has 0 saturated heterocycles. The van der Waals surface area contributed by atoms with Crippen LogP contribution in [0.2, 0.25) is 0 Å². The molecule has 0 bridgehead atoms. The van der Waals surface area contributed by atoms with Crippen LogP contribution in [0.25, 0.3) is 0 Å². The summed E-state index contributed by atoms with van der Waals surface area (Å²) in [6.45, 7) is 11.5. The number of nitrogens with one attached hydrogen (secondary N) is 1. The Hall–Kier alpha value is -1.16. The highest BCUT2D eigenvalue weighted by Gasteiger charge is 2.32. The van der Waals surface area contributed by atoms with Crippen molar-refractivity contribution in [2.75, 3.05) is 19.0 Å². The van der Waals surface area contributed by atoms with Crippen molar-refractivity contribution in [1.29, 1.82) is 0 Å². The van der Waals surface area contributed by atoms with Crippen molar-refractivity contribution >= 4 is 5.82 Å². The van der Waals surface area contributed by atoms with E-state index in [1.54, 1.807) is 7.11 Å². The van der Waals surface area contributed by atoms with Crippen molar-refractivity contribution in [3.05, 3.63) is 17.1 Å². The molecule has 1 aromatic heterocycles. The molecule has 114 valence electrons. The first-order valence-electron chi connectivity index (χ1n) is 7.75. The predicted molar refractivity (Wildman–Crippen MR) is 84.2 cm³/mol. The van der Waals surface area contributed by atoms with E-state index in [2.05, 4.69) is 39.9 Å². The summed E-state index contributed by atoms with van der Waals surface area (Å²) in [5, 5.41) is 3.43. The lowest BCUT2D eigenvalue weighted by atomic mass is 9.95. The Morgan fingerprint density at radius 1 is 1.10 bits per heavy atom. The molecule has 0 atom stereocenters. The molecular formula is C16H29N3O. The number of anilines is 1. The molecule has 0 saturated carbocycles. The first-order valence-corrected chi connectivity index (χ1v) is 7.75. The van der Waals surface area contributed by atoms with Gasteiger partial charge in [0.1, 0.15) is 11.4 Å². The predicted octanol–water partition coefficient (Wildman–Crippen LogP) is 3.83. The Morgan fingerprint density at radius 3 is 2.20 bits per heavy atom. The number of rotatable bonds is 8. The SMILES string of the molecule is CCCNc1nc(C(CC)(CC)OC)nc(C)c1CC. The Balaban J connectivity index is 3.31. The van der Waals surface area contributed by atoms with E-state index in [-0.39, 0.29) is 5.60 Å². The van der Waals surface area contributed by atoms with Gasteiger partial charge in [0.25, 0.3) is 0 Å². The molecule has 0 fully saturated rings. The van der Waals surface area contributed by atoms with Crippen LogP contribution in [0.1, 0.15) is 64.0 Å². The topological polar surface area (TPSA) is 47.0 Å². The van der Waals surface area contributed by atoms with Crippen LogP contribution < -0.4 is 5.32 Å². The van der Waals surface area contributed by atoms with Crippen molar-refractivity contribution in [1.82, 2.24) is 9.97 Å². The lowest BCUT2D eigenvalue weighted by Crippen LogP contribution is -2.30. The number of nitrogens with zero attached hydrogens (tertiary/aromatic N) is 2. The summed E-state index contributed by atoms with van der Waals surface area (Å²) < 4.78 is 5.76. The normalized spacial score (nSPS) is 11.7. The van der Waals surface area contributed by atoms with Crippen LogP contribution in [0.4, 0.5) is 5.82 Å². The summed E-state index contributed by atoms with van der Waals surface area (Å²) >= 11 is 0. The van der Waals surface area contributed by atoms with Gasteiger partial charge in [-0.05, 0) is 32.6 Å². The molecule has 0 aliphatic carbocycles. The lowest BCUT2D eigenvalue weighted by Gasteiger charge is -2.29. The zero-order valence-electron chi connectivity index (χ0n) is 13.8. The Kier molecular flexibility index (Phi) is 6.40. The Bertz CT molecular complexity index is 420. The summed E-state index contributed by atoms with van der Waals surface area (Å²) in [4.78, 5) is 9.50. The van der Waals surface area contributed by atoms with Gasteiger partial charge in [0.2, 0.25) is 0 Å². The number of ether oxygens (including phenoxy) is 1. The zero-order chi connectivity index (χ0) is 15.2. The number of aromatic nitrogens is 2. The van der Waals surface area contributed by atoms with E-state index in [1.807, 2.05) is 0 Å². The maximum Gasteiger partial charge on any atom is 0.162 e. The Morgan fingerprint density at radius 2 is 1.75 bits per heavy atom. The lowest BCUT2D eigenvalue weighted by molar-refractivity contribution is -0.0291. The summed E-state index contributed by atoms with van der Waals surface area (Å²) in [7, 11) is 1.75. The van der Waals surface area contributed by atoms with E-state index in [0.29, 0.717) is 0 Å². The molecule has 20 heavy (non-hydrogen) atoms. The standard InChI is InChI=1S/C16H29N3O/c1-7-11-17-14-13(8-2)12(5)18-15(19-14)16(9-3,10-4)20-6/h7-11H2,1-6H3,(H,17,18,19). The minimum atomic E-state index is -0.375. The van der Waals surface area contributed by atoms with Crippen LogP contribution >= 0.6 is 0 Å². The molecule has 0 aliphatic heterocycles. The van der Waals surface area contributed by atoms with Crippen molar-refractivity contribution in [2.24, 2.45) is 0 Å².